The quantitative estimate of drug-likeness (QED) is 0.669. The number of aliphatic hydroxyl groups is 1. The Bertz CT molecular complexity index is 611. The summed E-state index contributed by atoms with van der Waals surface area (Å²) >= 11 is 0. The lowest BCUT2D eigenvalue weighted by molar-refractivity contribution is 0.0622. The summed E-state index contributed by atoms with van der Waals surface area (Å²) in [5.41, 5.74) is 7.76. The normalized spacial score (nSPS) is 45.9. The van der Waals surface area contributed by atoms with Crippen molar-refractivity contribution in [1.82, 2.24) is 0 Å². The summed E-state index contributed by atoms with van der Waals surface area (Å²) in [4.78, 5) is 0. The molecule has 4 N–H and O–H groups in total. The molecule has 2 fully saturated rings. The summed E-state index contributed by atoms with van der Waals surface area (Å²) in [5.74, 6) is 0. The smallest absolute Gasteiger partial charge is 0.0647 e. The van der Waals surface area contributed by atoms with Crippen molar-refractivity contribution in [2.24, 2.45) is 11.1 Å². The van der Waals surface area contributed by atoms with Crippen LogP contribution in [0.5, 0.6) is 0 Å². The Kier molecular flexibility index (Phi) is 1.90. The average molecular weight is 254 g/mol. The summed E-state index contributed by atoms with van der Waals surface area (Å²) in [6.07, 6.45) is 7.54. The van der Waals surface area contributed by atoms with Gasteiger partial charge in [-0.05, 0) is 30.4 Å². The van der Waals surface area contributed by atoms with E-state index >= 15 is 0 Å². The summed E-state index contributed by atoms with van der Waals surface area (Å²) in [7, 11) is 0. The van der Waals surface area contributed by atoms with E-state index in [4.69, 9.17) is 11.1 Å². The summed E-state index contributed by atoms with van der Waals surface area (Å²) in [5, 5.41) is 18.4. The van der Waals surface area contributed by atoms with Gasteiger partial charge in [0.25, 0.3) is 0 Å². The first-order chi connectivity index (χ1) is 9.10. The predicted molar refractivity (Wildman–Crippen MR) is 75.1 cm³/mol. The van der Waals surface area contributed by atoms with Gasteiger partial charge in [0.15, 0.2) is 0 Å². The van der Waals surface area contributed by atoms with Crippen LogP contribution in [0.15, 0.2) is 30.3 Å². The molecule has 0 heterocycles. The molecule has 1 aromatic carbocycles. The fourth-order valence-corrected chi connectivity index (χ4v) is 4.60. The van der Waals surface area contributed by atoms with Crippen molar-refractivity contribution in [2.75, 3.05) is 0 Å². The van der Waals surface area contributed by atoms with Crippen LogP contribution < -0.4 is 5.73 Å². The van der Waals surface area contributed by atoms with Crippen LogP contribution in [0.4, 0.5) is 0 Å². The number of fused-ring (bicyclic) bond motifs is 1. The third kappa shape index (κ3) is 1.02. The topological polar surface area (TPSA) is 70.1 Å². The van der Waals surface area contributed by atoms with Crippen LogP contribution >= 0.6 is 0 Å². The van der Waals surface area contributed by atoms with Crippen molar-refractivity contribution in [3.8, 4) is 0 Å². The molecule has 19 heavy (non-hydrogen) atoms. The Morgan fingerprint density at radius 1 is 1.37 bits per heavy atom. The van der Waals surface area contributed by atoms with Crippen LogP contribution in [-0.2, 0) is 5.41 Å². The van der Waals surface area contributed by atoms with E-state index < -0.39 is 5.54 Å². The first-order valence-electron chi connectivity index (χ1n) is 6.87. The first-order valence-corrected chi connectivity index (χ1v) is 6.87. The van der Waals surface area contributed by atoms with Gasteiger partial charge in [0.05, 0.1) is 11.6 Å². The third-order valence-electron chi connectivity index (χ3n) is 5.71. The molecule has 0 saturated heterocycles. The molecule has 0 amide bonds. The molecule has 3 aliphatic rings. The average Bonchev–Trinajstić information content (AvgIpc) is 3.17. The summed E-state index contributed by atoms with van der Waals surface area (Å²) < 4.78 is 0. The van der Waals surface area contributed by atoms with Gasteiger partial charge in [0.1, 0.15) is 0 Å². The van der Waals surface area contributed by atoms with Gasteiger partial charge in [0, 0.05) is 17.0 Å². The second-order valence-corrected chi connectivity index (χ2v) is 6.28. The summed E-state index contributed by atoms with van der Waals surface area (Å²) in [6.45, 7) is 0. The van der Waals surface area contributed by atoms with Gasteiger partial charge in [-0.25, -0.2) is 0 Å². The lowest BCUT2D eigenvalue weighted by atomic mass is 9.62. The summed E-state index contributed by atoms with van der Waals surface area (Å²) in [6, 6.07) is 8.25. The predicted octanol–water partition coefficient (Wildman–Crippen LogP) is 1.84. The second kappa shape index (κ2) is 3.17. The molecule has 3 aliphatic carbocycles. The van der Waals surface area contributed by atoms with E-state index in [1.807, 2.05) is 12.1 Å². The molecule has 0 spiro atoms. The van der Waals surface area contributed by atoms with Gasteiger partial charge >= 0.3 is 0 Å². The van der Waals surface area contributed by atoms with E-state index in [2.05, 4.69) is 24.3 Å². The van der Waals surface area contributed by atoms with Crippen LogP contribution in [0.25, 0.3) is 6.08 Å². The minimum absolute atomic E-state index is 0.256. The van der Waals surface area contributed by atoms with Gasteiger partial charge in [-0.2, -0.15) is 0 Å². The van der Waals surface area contributed by atoms with Gasteiger partial charge in [0.2, 0.25) is 0 Å². The van der Waals surface area contributed by atoms with E-state index in [0.717, 1.165) is 6.42 Å². The molecule has 0 bridgehead atoms. The van der Waals surface area contributed by atoms with Crippen LogP contribution in [-0.4, -0.2) is 23.0 Å². The van der Waals surface area contributed by atoms with Crippen molar-refractivity contribution < 1.29 is 5.11 Å². The molecule has 2 saturated carbocycles. The number of nitrogens with one attached hydrogen (secondary N) is 1. The molecule has 3 nitrogen and oxygen atoms in total. The zero-order valence-electron chi connectivity index (χ0n) is 10.8. The van der Waals surface area contributed by atoms with Gasteiger partial charge in [-0.15, -0.1) is 0 Å². The molecule has 4 rings (SSSR count). The molecular weight excluding hydrogens is 236 g/mol. The Hall–Kier alpha value is -1.45. The maximum Gasteiger partial charge on any atom is 0.0647 e. The van der Waals surface area contributed by atoms with Crippen molar-refractivity contribution in [1.29, 1.82) is 5.41 Å². The Morgan fingerprint density at radius 3 is 2.95 bits per heavy atom. The van der Waals surface area contributed by atoms with Crippen LogP contribution in [0.2, 0.25) is 0 Å². The molecule has 1 unspecified atom stereocenters. The van der Waals surface area contributed by atoms with E-state index in [1.165, 1.54) is 17.3 Å². The highest BCUT2D eigenvalue weighted by Crippen LogP contribution is 2.76. The minimum atomic E-state index is -0.615. The van der Waals surface area contributed by atoms with Crippen LogP contribution in [0.1, 0.15) is 30.4 Å². The Balaban J connectivity index is 1.98. The van der Waals surface area contributed by atoms with Crippen LogP contribution in [0, 0.1) is 10.8 Å². The minimum Gasteiger partial charge on any atom is -0.392 e. The van der Waals surface area contributed by atoms with Crippen LogP contribution in [0.3, 0.4) is 0 Å². The van der Waals surface area contributed by atoms with E-state index in [1.54, 1.807) is 0 Å². The molecule has 3 heteroatoms. The van der Waals surface area contributed by atoms with Crippen molar-refractivity contribution >= 4 is 12.3 Å². The number of nitrogens with two attached hydrogens (primary N) is 1. The largest absolute Gasteiger partial charge is 0.392 e. The van der Waals surface area contributed by atoms with Gasteiger partial charge in [-0.1, -0.05) is 36.4 Å². The second-order valence-electron chi connectivity index (χ2n) is 6.28. The Labute approximate surface area is 112 Å². The lowest BCUT2D eigenvalue weighted by Crippen LogP contribution is -2.58. The zero-order chi connectivity index (χ0) is 13.3. The number of benzene rings is 1. The maximum atomic E-state index is 10.6. The maximum absolute atomic E-state index is 10.6. The highest BCUT2D eigenvalue weighted by atomic mass is 16.3. The Morgan fingerprint density at radius 2 is 2.16 bits per heavy atom. The number of aliphatic hydroxyl groups excluding tert-OH is 1. The fourth-order valence-electron chi connectivity index (χ4n) is 4.60. The molecular formula is C16H18N2O. The van der Waals surface area contributed by atoms with E-state index in [-0.39, 0.29) is 16.9 Å². The number of hydrogen-bond donors (Lipinski definition) is 3. The van der Waals surface area contributed by atoms with E-state index in [9.17, 15) is 5.11 Å². The highest BCUT2D eigenvalue weighted by molar-refractivity contribution is 5.78. The highest BCUT2D eigenvalue weighted by Gasteiger charge is 2.79. The lowest BCUT2D eigenvalue weighted by Gasteiger charge is -2.46. The molecule has 0 radical (unpaired) electrons. The van der Waals surface area contributed by atoms with Crippen molar-refractivity contribution in [3.05, 3.63) is 41.5 Å². The monoisotopic (exact) mass is 254 g/mol. The van der Waals surface area contributed by atoms with Gasteiger partial charge in [-0.3, -0.25) is 0 Å². The van der Waals surface area contributed by atoms with Crippen molar-refractivity contribution in [3.63, 3.8) is 0 Å². The zero-order valence-corrected chi connectivity index (χ0v) is 10.8. The van der Waals surface area contributed by atoms with E-state index in [0.29, 0.717) is 12.8 Å². The first kappa shape index (κ1) is 11.4. The number of hydrogen-bond acceptors (Lipinski definition) is 3. The molecule has 98 valence electrons. The molecule has 1 aromatic rings. The number of rotatable bonds is 1. The SMILES string of the molecule is N=CC1(N)CC[C@@H](O)[C@@]23C[C@@]12C=Cc1ccccc13. The third-order valence-corrected chi connectivity index (χ3v) is 5.71. The van der Waals surface area contributed by atoms with Crippen molar-refractivity contribution in [2.45, 2.75) is 36.3 Å². The van der Waals surface area contributed by atoms with Gasteiger partial charge < -0.3 is 16.2 Å². The standard InChI is InChI=1S/C16H18N2O/c17-10-15(18)8-6-13(19)16-9-14(15,16)7-5-11-3-1-2-4-12(11)16/h1-5,7,10,13,17,19H,6,8-9,18H2/t13-,14+,15?,16+/m1/s1. The molecule has 0 aliphatic heterocycles. The molecule has 0 aromatic heterocycles. The molecule has 4 atom stereocenters. The fraction of sp³-hybridized carbons (Fsp3) is 0.438.